The molecule has 0 saturated heterocycles. The number of allylic oxidation sites excluding steroid dienone is 1. The Bertz CT molecular complexity index is 816. The zero-order valence-corrected chi connectivity index (χ0v) is 16.6. The lowest BCUT2D eigenvalue weighted by Gasteiger charge is -2.27. The maximum absolute atomic E-state index is 14.4. The van der Waals surface area contributed by atoms with E-state index in [-0.39, 0.29) is 18.6 Å². The fourth-order valence-electron chi connectivity index (χ4n) is 3.88. The molecule has 0 aliphatic heterocycles. The van der Waals surface area contributed by atoms with E-state index in [0.29, 0.717) is 17.4 Å². The van der Waals surface area contributed by atoms with Crippen molar-refractivity contribution in [3.05, 3.63) is 83.4 Å². The molecule has 3 rings (SSSR count). The Kier molecular flexibility index (Phi) is 6.96. The summed E-state index contributed by atoms with van der Waals surface area (Å²) in [6.07, 6.45) is -1.60. The van der Waals surface area contributed by atoms with Crippen LogP contribution in [-0.2, 0) is 23.4 Å². The van der Waals surface area contributed by atoms with Crippen LogP contribution < -0.4 is 0 Å². The van der Waals surface area contributed by atoms with E-state index in [4.69, 9.17) is 4.74 Å². The van der Waals surface area contributed by atoms with Crippen LogP contribution in [0.25, 0.3) is 0 Å². The molecule has 2 aromatic carbocycles. The molecular weight excluding hydrogens is 399 g/mol. The third kappa shape index (κ3) is 5.69. The van der Waals surface area contributed by atoms with Crippen LogP contribution in [0.15, 0.2) is 61.2 Å². The molecule has 0 N–H and O–H groups in total. The molecule has 0 aromatic heterocycles. The van der Waals surface area contributed by atoms with Crippen molar-refractivity contribution in [1.82, 2.24) is 0 Å². The number of alkyl halides is 5. The van der Waals surface area contributed by atoms with Crippen molar-refractivity contribution < 1.29 is 26.7 Å². The van der Waals surface area contributed by atoms with Gasteiger partial charge in [-0.25, -0.2) is 0 Å². The summed E-state index contributed by atoms with van der Waals surface area (Å²) in [6.45, 7) is 3.54. The zero-order chi connectivity index (χ0) is 21.8. The first-order valence-electron chi connectivity index (χ1n) is 10.1. The van der Waals surface area contributed by atoms with E-state index < -0.39 is 17.8 Å². The molecule has 1 fully saturated rings. The number of halogens is 5. The van der Waals surface area contributed by atoms with Crippen LogP contribution in [0.3, 0.4) is 0 Å². The van der Waals surface area contributed by atoms with Gasteiger partial charge in [0.15, 0.2) is 0 Å². The summed E-state index contributed by atoms with van der Waals surface area (Å²) >= 11 is 0. The van der Waals surface area contributed by atoms with Gasteiger partial charge in [-0.05, 0) is 67.2 Å². The van der Waals surface area contributed by atoms with Crippen molar-refractivity contribution in [2.45, 2.75) is 50.3 Å². The maximum Gasteiger partial charge on any atom is 0.416 e. The number of rotatable bonds is 7. The van der Waals surface area contributed by atoms with E-state index in [1.807, 2.05) is 6.08 Å². The number of ether oxygens (including phenoxy) is 1. The summed E-state index contributed by atoms with van der Waals surface area (Å²) in [5, 5.41) is 0. The molecular formula is C24H25F5O. The molecule has 1 saturated carbocycles. The highest BCUT2D eigenvalue weighted by Gasteiger charge is 2.33. The SMILES string of the molecule is C=CC1CCC(c2ccc(C(F)(F)OCCc3ccc(C(F)(F)F)cc3)cc2)CC1. The minimum atomic E-state index is -4.42. The number of hydrogen-bond acceptors (Lipinski definition) is 1. The molecule has 1 aliphatic rings. The predicted molar refractivity (Wildman–Crippen MR) is 106 cm³/mol. The van der Waals surface area contributed by atoms with Gasteiger partial charge in [0.05, 0.1) is 17.7 Å². The van der Waals surface area contributed by atoms with Gasteiger partial charge in [0.25, 0.3) is 0 Å². The average molecular weight is 424 g/mol. The second kappa shape index (κ2) is 9.29. The van der Waals surface area contributed by atoms with E-state index in [9.17, 15) is 22.0 Å². The van der Waals surface area contributed by atoms with Gasteiger partial charge in [-0.3, -0.25) is 0 Å². The molecule has 2 aromatic rings. The second-order valence-electron chi connectivity index (χ2n) is 7.78. The van der Waals surface area contributed by atoms with Crippen molar-refractivity contribution in [2.75, 3.05) is 6.61 Å². The van der Waals surface area contributed by atoms with Crippen molar-refractivity contribution in [3.8, 4) is 0 Å². The molecule has 6 heteroatoms. The van der Waals surface area contributed by atoms with Crippen molar-refractivity contribution >= 4 is 0 Å². The lowest BCUT2D eigenvalue weighted by atomic mass is 9.79. The Morgan fingerprint density at radius 3 is 1.93 bits per heavy atom. The average Bonchev–Trinajstić information content (AvgIpc) is 2.73. The number of benzene rings is 2. The number of hydrogen-bond donors (Lipinski definition) is 0. The Morgan fingerprint density at radius 2 is 1.40 bits per heavy atom. The van der Waals surface area contributed by atoms with Crippen LogP contribution in [0.1, 0.15) is 53.9 Å². The quantitative estimate of drug-likeness (QED) is 0.331. The third-order valence-corrected chi connectivity index (χ3v) is 5.78. The van der Waals surface area contributed by atoms with Gasteiger partial charge >= 0.3 is 12.3 Å². The van der Waals surface area contributed by atoms with E-state index in [2.05, 4.69) is 6.58 Å². The first-order chi connectivity index (χ1) is 14.2. The summed E-state index contributed by atoms with van der Waals surface area (Å²) in [7, 11) is 0. The van der Waals surface area contributed by atoms with Gasteiger partial charge in [0.1, 0.15) is 0 Å². The van der Waals surface area contributed by atoms with Gasteiger partial charge in [-0.1, -0.05) is 42.5 Å². The monoisotopic (exact) mass is 424 g/mol. The Balaban J connectivity index is 1.53. The summed E-state index contributed by atoms with van der Waals surface area (Å²) in [5.41, 5.74) is 0.570. The zero-order valence-electron chi connectivity index (χ0n) is 16.6. The van der Waals surface area contributed by atoms with E-state index in [1.165, 1.54) is 24.3 Å². The smallest absolute Gasteiger partial charge is 0.316 e. The highest BCUT2D eigenvalue weighted by Crippen LogP contribution is 2.37. The van der Waals surface area contributed by atoms with Gasteiger partial charge < -0.3 is 4.74 Å². The standard InChI is InChI=1S/C24H25F5O/c1-2-17-3-7-19(8-4-17)20-9-13-22(14-10-20)24(28,29)30-16-15-18-5-11-21(12-6-18)23(25,26)27/h2,5-6,9-14,17,19H,1,3-4,7-8,15-16H2. The lowest BCUT2D eigenvalue weighted by molar-refractivity contribution is -0.248. The Labute approximate surface area is 173 Å². The normalized spacial score (nSPS) is 20.2. The highest BCUT2D eigenvalue weighted by molar-refractivity contribution is 5.28. The van der Waals surface area contributed by atoms with Gasteiger partial charge in [-0.2, -0.15) is 22.0 Å². The molecule has 0 bridgehead atoms. The van der Waals surface area contributed by atoms with Crippen molar-refractivity contribution in [3.63, 3.8) is 0 Å². The van der Waals surface area contributed by atoms with Crippen LogP contribution in [0.2, 0.25) is 0 Å². The first-order valence-corrected chi connectivity index (χ1v) is 10.1. The van der Waals surface area contributed by atoms with Gasteiger partial charge in [-0.15, -0.1) is 6.58 Å². The van der Waals surface area contributed by atoms with Crippen LogP contribution in [0, 0.1) is 5.92 Å². The van der Waals surface area contributed by atoms with Crippen molar-refractivity contribution in [1.29, 1.82) is 0 Å². The summed E-state index contributed by atoms with van der Waals surface area (Å²) in [6, 6.07) is 10.7. The molecule has 1 aliphatic carbocycles. The fourth-order valence-corrected chi connectivity index (χ4v) is 3.88. The Hall–Kier alpha value is -2.21. The molecule has 30 heavy (non-hydrogen) atoms. The van der Waals surface area contributed by atoms with E-state index >= 15 is 0 Å². The minimum absolute atomic E-state index is 0.0956. The summed E-state index contributed by atoms with van der Waals surface area (Å²) in [5.74, 6) is 0.924. The van der Waals surface area contributed by atoms with E-state index in [0.717, 1.165) is 43.4 Å². The topological polar surface area (TPSA) is 9.23 Å². The molecule has 0 spiro atoms. The minimum Gasteiger partial charge on any atom is -0.316 e. The lowest BCUT2D eigenvalue weighted by Crippen LogP contribution is -2.20. The van der Waals surface area contributed by atoms with Crippen LogP contribution in [-0.4, -0.2) is 6.61 Å². The molecule has 1 nitrogen and oxygen atoms in total. The van der Waals surface area contributed by atoms with Crippen LogP contribution in [0.5, 0.6) is 0 Å². The maximum atomic E-state index is 14.4. The third-order valence-electron chi connectivity index (χ3n) is 5.78. The molecule has 0 radical (unpaired) electrons. The van der Waals surface area contributed by atoms with Gasteiger partial charge in [0, 0.05) is 0 Å². The highest BCUT2D eigenvalue weighted by atomic mass is 19.4. The molecule has 162 valence electrons. The fraction of sp³-hybridized carbons (Fsp3) is 0.417. The molecule has 0 unspecified atom stereocenters. The van der Waals surface area contributed by atoms with Crippen LogP contribution in [0.4, 0.5) is 22.0 Å². The van der Waals surface area contributed by atoms with E-state index in [1.54, 1.807) is 12.1 Å². The van der Waals surface area contributed by atoms with Crippen molar-refractivity contribution in [2.24, 2.45) is 5.92 Å². The molecule has 0 amide bonds. The van der Waals surface area contributed by atoms with Crippen LogP contribution >= 0.6 is 0 Å². The summed E-state index contributed by atoms with van der Waals surface area (Å²) in [4.78, 5) is 0. The molecule has 0 atom stereocenters. The summed E-state index contributed by atoms with van der Waals surface area (Å²) < 4.78 is 71.2. The second-order valence-corrected chi connectivity index (χ2v) is 7.78. The van der Waals surface area contributed by atoms with Gasteiger partial charge in [0.2, 0.25) is 0 Å². The molecule has 0 heterocycles. The Morgan fingerprint density at radius 1 is 0.833 bits per heavy atom. The largest absolute Gasteiger partial charge is 0.416 e. The predicted octanol–water partition coefficient (Wildman–Crippen LogP) is 7.47. The first kappa shape index (κ1) is 22.5.